The lowest BCUT2D eigenvalue weighted by Gasteiger charge is -2.19. The summed E-state index contributed by atoms with van der Waals surface area (Å²) in [5.74, 6) is 0.246. The molecule has 0 fully saturated rings. The fraction of sp³-hybridized carbons (Fsp3) is 0.917. The van der Waals surface area contributed by atoms with Crippen molar-refractivity contribution in [3.8, 4) is 0 Å². The third-order valence-corrected chi connectivity index (χ3v) is 1.91. The molecule has 0 aliphatic carbocycles. The van der Waals surface area contributed by atoms with Gasteiger partial charge < -0.3 is 15.2 Å². The van der Waals surface area contributed by atoms with Crippen LogP contribution in [0, 0.1) is 5.92 Å². The number of aliphatic hydroxyl groups excluding tert-OH is 1. The Morgan fingerprint density at radius 1 is 1.38 bits per heavy atom. The number of rotatable bonds is 6. The first kappa shape index (κ1) is 15.4. The van der Waals surface area contributed by atoms with Crippen molar-refractivity contribution in [3.63, 3.8) is 0 Å². The van der Waals surface area contributed by atoms with E-state index < -0.39 is 6.10 Å². The van der Waals surface area contributed by atoms with Crippen LogP contribution in [0.25, 0.3) is 0 Å². The van der Waals surface area contributed by atoms with E-state index in [1.807, 2.05) is 34.6 Å². The molecule has 2 N–H and O–H groups in total. The Morgan fingerprint density at radius 3 is 2.38 bits per heavy atom. The van der Waals surface area contributed by atoms with Crippen LogP contribution in [0.5, 0.6) is 0 Å². The van der Waals surface area contributed by atoms with E-state index in [-0.39, 0.29) is 18.1 Å². The quantitative estimate of drug-likeness (QED) is 0.725. The maximum atomic E-state index is 11.3. The van der Waals surface area contributed by atoms with Crippen LogP contribution in [0.4, 0.5) is 0 Å². The molecule has 0 radical (unpaired) electrons. The van der Waals surface area contributed by atoms with Gasteiger partial charge in [-0.15, -0.1) is 0 Å². The van der Waals surface area contributed by atoms with E-state index in [9.17, 15) is 9.90 Å². The third-order valence-electron chi connectivity index (χ3n) is 1.91. The Morgan fingerprint density at radius 2 is 1.94 bits per heavy atom. The zero-order valence-corrected chi connectivity index (χ0v) is 11.0. The summed E-state index contributed by atoms with van der Waals surface area (Å²) < 4.78 is 5.31. The van der Waals surface area contributed by atoms with Crippen molar-refractivity contribution in [2.24, 2.45) is 5.92 Å². The normalized spacial score (nSPS) is 13.9. The van der Waals surface area contributed by atoms with Crippen molar-refractivity contribution in [3.05, 3.63) is 0 Å². The molecule has 0 aliphatic heterocycles. The summed E-state index contributed by atoms with van der Waals surface area (Å²) in [5, 5.41) is 12.2. The van der Waals surface area contributed by atoms with Crippen molar-refractivity contribution in [2.75, 3.05) is 13.2 Å². The summed E-state index contributed by atoms with van der Waals surface area (Å²) in [5.41, 5.74) is -0.312. The second kappa shape index (κ2) is 6.86. The van der Waals surface area contributed by atoms with E-state index in [4.69, 9.17) is 4.74 Å². The first-order valence-electron chi connectivity index (χ1n) is 5.79. The predicted octanol–water partition coefficient (Wildman–Crippen LogP) is 1.32. The second-order valence-corrected chi connectivity index (χ2v) is 5.49. The van der Waals surface area contributed by atoms with Crippen LogP contribution in [0.3, 0.4) is 0 Å². The zero-order chi connectivity index (χ0) is 12.8. The van der Waals surface area contributed by atoms with Gasteiger partial charge in [-0.1, -0.05) is 13.8 Å². The smallest absolute Gasteiger partial charge is 0.246 e. The van der Waals surface area contributed by atoms with Gasteiger partial charge in [0.15, 0.2) is 0 Å². The Kier molecular flexibility index (Phi) is 6.60. The number of hydrogen-bond donors (Lipinski definition) is 2. The van der Waals surface area contributed by atoms with Crippen molar-refractivity contribution in [1.82, 2.24) is 5.32 Å². The molecule has 96 valence electrons. The summed E-state index contributed by atoms with van der Waals surface area (Å²) >= 11 is 0. The van der Waals surface area contributed by atoms with E-state index >= 15 is 0 Å². The maximum absolute atomic E-state index is 11.3. The Balaban J connectivity index is 3.65. The molecule has 0 aromatic carbocycles. The highest BCUT2D eigenvalue weighted by Gasteiger charge is 2.13. The van der Waals surface area contributed by atoms with Crippen LogP contribution >= 0.6 is 0 Å². The molecule has 0 heterocycles. The Hall–Kier alpha value is -0.610. The number of amides is 1. The van der Waals surface area contributed by atoms with Crippen molar-refractivity contribution in [1.29, 1.82) is 0 Å². The molecular weight excluding hydrogens is 206 g/mol. The number of carbonyl (C=O) groups is 1. The van der Waals surface area contributed by atoms with Crippen molar-refractivity contribution >= 4 is 5.91 Å². The van der Waals surface area contributed by atoms with Crippen molar-refractivity contribution < 1.29 is 14.6 Å². The number of carbonyl (C=O) groups excluding carboxylic acids is 1. The average molecular weight is 231 g/mol. The number of hydrogen-bond acceptors (Lipinski definition) is 3. The lowest BCUT2D eigenvalue weighted by Crippen LogP contribution is -2.37. The molecule has 16 heavy (non-hydrogen) atoms. The van der Waals surface area contributed by atoms with Gasteiger partial charge in [-0.05, 0) is 33.1 Å². The Bertz CT molecular complexity index is 209. The number of ether oxygens (including phenoxy) is 1. The van der Waals surface area contributed by atoms with Gasteiger partial charge in [0.05, 0.1) is 11.7 Å². The summed E-state index contributed by atoms with van der Waals surface area (Å²) in [6.45, 7) is 10.1. The number of aliphatic hydroxyl groups is 1. The van der Waals surface area contributed by atoms with Gasteiger partial charge in [-0.3, -0.25) is 4.79 Å². The monoisotopic (exact) mass is 231 g/mol. The molecule has 0 saturated heterocycles. The van der Waals surface area contributed by atoms with E-state index in [0.29, 0.717) is 18.9 Å². The summed E-state index contributed by atoms with van der Waals surface area (Å²) in [6, 6.07) is 0. The second-order valence-electron chi connectivity index (χ2n) is 5.49. The molecule has 0 spiro atoms. The standard InChI is InChI=1S/C12H25NO3/c1-9(2)6-10(14)7-13-11(15)8-16-12(3,4)5/h9-10,14H,6-8H2,1-5H3,(H,13,15). The van der Waals surface area contributed by atoms with Gasteiger partial charge in [0.2, 0.25) is 5.91 Å². The average Bonchev–Trinajstić information content (AvgIpc) is 2.09. The van der Waals surface area contributed by atoms with E-state index in [1.54, 1.807) is 0 Å². The van der Waals surface area contributed by atoms with E-state index in [2.05, 4.69) is 5.32 Å². The first-order chi connectivity index (χ1) is 7.20. The Labute approximate surface area is 98.4 Å². The van der Waals surface area contributed by atoms with Gasteiger partial charge in [0.1, 0.15) is 6.61 Å². The topological polar surface area (TPSA) is 58.6 Å². The molecule has 4 heteroatoms. The largest absolute Gasteiger partial charge is 0.391 e. The van der Waals surface area contributed by atoms with Crippen LogP contribution in [-0.4, -0.2) is 35.9 Å². The summed E-state index contributed by atoms with van der Waals surface area (Å²) in [6.07, 6.45) is 0.221. The van der Waals surface area contributed by atoms with Crippen LogP contribution in [-0.2, 0) is 9.53 Å². The lowest BCUT2D eigenvalue weighted by atomic mass is 10.1. The minimum absolute atomic E-state index is 0.0396. The van der Waals surface area contributed by atoms with E-state index in [1.165, 1.54) is 0 Å². The molecule has 1 atom stereocenters. The fourth-order valence-corrected chi connectivity index (χ4v) is 1.19. The van der Waals surface area contributed by atoms with Gasteiger partial charge in [0, 0.05) is 6.54 Å². The minimum atomic E-state index is -0.474. The van der Waals surface area contributed by atoms with Crippen LogP contribution < -0.4 is 5.32 Å². The van der Waals surface area contributed by atoms with Crippen LogP contribution in [0.15, 0.2) is 0 Å². The molecule has 0 aromatic rings. The highest BCUT2D eigenvalue weighted by molar-refractivity contribution is 5.77. The third kappa shape index (κ3) is 9.93. The van der Waals surface area contributed by atoms with Gasteiger partial charge in [0.25, 0.3) is 0 Å². The molecule has 0 rings (SSSR count). The maximum Gasteiger partial charge on any atom is 0.246 e. The fourth-order valence-electron chi connectivity index (χ4n) is 1.19. The van der Waals surface area contributed by atoms with E-state index in [0.717, 1.165) is 0 Å². The first-order valence-corrected chi connectivity index (χ1v) is 5.79. The molecule has 1 unspecified atom stereocenters. The molecule has 0 aromatic heterocycles. The molecular formula is C12H25NO3. The summed E-state index contributed by atoms with van der Waals surface area (Å²) in [4.78, 5) is 11.3. The van der Waals surface area contributed by atoms with Gasteiger partial charge in [-0.2, -0.15) is 0 Å². The minimum Gasteiger partial charge on any atom is -0.391 e. The van der Waals surface area contributed by atoms with Gasteiger partial charge in [-0.25, -0.2) is 0 Å². The molecule has 4 nitrogen and oxygen atoms in total. The van der Waals surface area contributed by atoms with Crippen LogP contribution in [0.2, 0.25) is 0 Å². The molecule has 0 aliphatic rings. The lowest BCUT2D eigenvalue weighted by molar-refractivity contribution is -0.131. The molecule has 0 bridgehead atoms. The predicted molar refractivity (Wildman–Crippen MR) is 64.2 cm³/mol. The highest BCUT2D eigenvalue weighted by atomic mass is 16.5. The number of nitrogens with one attached hydrogen (secondary N) is 1. The molecule has 0 saturated carbocycles. The van der Waals surface area contributed by atoms with Gasteiger partial charge >= 0.3 is 0 Å². The highest BCUT2D eigenvalue weighted by Crippen LogP contribution is 2.06. The SMILES string of the molecule is CC(C)CC(O)CNC(=O)COC(C)(C)C. The van der Waals surface area contributed by atoms with Crippen molar-refractivity contribution in [2.45, 2.75) is 52.7 Å². The zero-order valence-electron chi connectivity index (χ0n) is 11.0. The summed E-state index contributed by atoms with van der Waals surface area (Å²) in [7, 11) is 0. The van der Waals surface area contributed by atoms with Crippen LogP contribution in [0.1, 0.15) is 41.0 Å². The molecule has 1 amide bonds.